The molecule has 0 aliphatic heterocycles. The standard InChI is InChI=1S/Bi.HNO3.2H2/c;2-1(3)4;;/h;(H,2,3,4);2*1H/q+3;;;. The molecule has 0 saturated heterocycles. The van der Waals surface area contributed by atoms with Gasteiger partial charge >= 0.3 is 26.2 Å². The van der Waals surface area contributed by atoms with Crippen LogP contribution in [0.25, 0.3) is 0 Å². The van der Waals surface area contributed by atoms with E-state index >= 15 is 0 Å². The van der Waals surface area contributed by atoms with Crippen LogP contribution in [0.15, 0.2) is 0 Å². The van der Waals surface area contributed by atoms with Crippen LogP contribution in [0.3, 0.4) is 0 Å². The molecule has 0 rings (SSSR count). The first-order chi connectivity index (χ1) is 1.73. The van der Waals surface area contributed by atoms with E-state index in [1.54, 1.807) is 0 Å². The summed E-state index contributed by atoms with van der Waals surface area (Å²) in [5.74, 6) is 0. The van der Waals surface area contributed by atoms with Crippen LogP contribution in [0.4, 0.5) is 0 Å². The third kappa shape index (κ3) is 2560. The molecule has 30 valence electrons. The second-order valence-corrected chi connectivity index (χ2v) is 0.238. The molecular weight excluding hydrogens is 271 g/mol. The van der Waals surface area contributed by atoms with Gasteiger partial charge in [-0.3, -0.25) is 0 Å². The normalized spacial score (nSPS) is 4.80. The van der Waals surface area contributed by atoms with E-state index < -0.39 is 5.09 Å². The molecule has 2 radical (unpaired) electrons. The van der Waals surface area contributed by atoms with E-state index in [0.717, 1.165) is 0 Å². The smallest absolute Gasteiger partial charge is 0.328 e. The van der Waals surface area contributed by atoms with Gasteiger partial charge in [0.1, 0.15) is 0 Å². The van der Waals surface area contributed by atoms with Crippen molar-refractivity contribution in [1.82, 2.24) is 0 Å². The molecule has 0 aromatic heterocycles. The third-order valence-electron chi connectivity index (χ3n) is 0. The van der Waals surface area contributed by atoms with Crippen molar-refractivity contribution < 1.29 is 13.1 Å². The molecule has 1 N–H and O–H groups in total. The summed E-state index contributed by atoms with van der Waals surface area (Å²) < 4.78 is 0. The van der Waals surface area contributed by atoms with E-state index in [4.69, 9.17) is 15.3 Å². The van der Waals surface area contributed by atoms with Gasteiger partial charge in [-0.15, -0.1) is 10.1 Å². The summed E-state index contributed by atoms with van der Waals surface area (Å²) in [6.07, 6.45) is 0. The Morgan fingerprint density at radius 3 is 2.00 bits per heavy atom. The molecule has 0 aliphatic rings. The molecular formula is H5BiNO3+3. The van der Waals surface area contributed by atoms with Crippen LogP contribution in [0, 0.1) is 10.1 Å². The molecule has 0 unspecified atom stereocenters. The van der Waals surface area contributed by atoms with Crippen LogP contribution in [0.1, 0.15) is 2.85 Å². The fourth-order valence-corrected chi connectivity index (χ4v) is 0. The van der Waals surface area contributed by atoms with Gasteiger partial charge in [-0.25, -0.2) is 0 Å². The maximum atomic E-state index is 8.36. The maximum absolute atomic E-state index is 8.36. The minimum Gasteiger partial charge on any atom is -0.328 e. The van der Waals surface area contributed by atoms with Gasteiger partial charge in [0.05, 0.1) is 0 Å². The van der Waals surface area contributed by atoms with Crippen molar-refractivity contribution in [3.8, 4) is 0 Å². The summed E-state index contributed by atoms with van der Waals surface area (Å²) in [6, 6.07) is 0. The van der Waals surface area contributed by atoms with E-state index in [9.17, 15) is 0 Å². The van der Waals surface area contributed by atoms with Crippen LogP contribution >= 0.6 is 0 Å². The quantitative estimate of drug-likeness (QED) is 0.377. The van der Waals surface area contributed by atoms with Crippen molar-refractivity contribution in [2.24, 2.45) is 0 Å². The van der Waals surface area contributed by atoms with Crippen molar-refractivity contribution in [3.05, 3.63) is 10.1 Å². The van der Waals surface area contributed by atoms with E-state index in [1.807, 2.05) is 0 Å². The molecule has 0 bridgehead atoms. The molecule has 4 nitrogen and oxygen atoms in total. The monoisotopic (exact) mass is 276 g/mol. The molecule has 0 aromatic carbocycles. The zero-order chi connectivity index (χ0) is 3.58. The van der Waals surface area contributed by atoms with E-state index in [0.29, 0.717) is 0 Å². The predicted octanol–water partition coefficient (Wildman–Crippen LogP) is -0.237. The summed E-state index contributed by atoms with van der Waals surface area (Å²) in [5, 5.41) is 13.6. The number of rotatable bonds is 0. The Balaban J connectivity index is -0.0000000150. The minimum atomic E-state index is -1.50. The van der Waals surface area contributed by atoms with Crippen molar-refractivity contribution >= 4 is 26.2 Å². The van der Waals surface area contributed by atoms with E-state index in [2.05, 4.69) is 0 Å². The summed E-state index contributed by atoms with van der Waals surface area (Å²) in [4.78, 5) is 8.36. The average Bonchev–Trinajstić information content (AvgIpc) is 0.811. The van der Waals surface area contributed by atoms with Crippen LogP contribution in [-0.4, -0.2) is 36.5 Å². The minimum absolute atomic E-state index is 0. The number of hydrogen-bond acceptors (Lipinski definition) is 2. The fourth-order valence-electron chi connectivity index (χ4n) is 0. The average molecular weight is 276 g/mol. The summed E-state index contributed by atoms with van der Waals surface area (Å²) in [7, 11) is 0. The fraction of sp³-hybridized carbons (Fsp3) is 0. The first kappa shape index (κ1) is 8.92. The Morgan fingerprint density at radius 2 is 2.00 bits per heavy atom. The molecule has 0 aliphatic carbocycles. The first-order valence-electron chi connectivity index (χ1n) is 0.565. The molecule has 0 saturated carbocycles. The summed E-state index contributed by atoms with van der Waals surface area (Å²) >= 11 is 0. The zero-order valence-corrected chi connectivity index (χ0v) is 5.64. The molecule has 0 atom stereocenters. The van der Waals surface area contributed by atoms with Gasteiger partial charge < -0.3 is 5.21 Å². The third-order valence-corrected chi connectivity index (χ3v) is 0. The topological polar surface area (TPSA) is 63.4 Å². The predicted molar refractivity (Wildman–Crippen MR) is 18.8 cm³/mol. The Hall–Kier alpha value is 0.0831. The Morgan fingerprint density at radius 1 is 2.00 bits per heavy atom. The molecule has 0 spiro atoms. The SMILES string of the molecule is O=[N+]([O-])O.[Bi+3].[HH].[HH]. The van der Waals surface area contributed by atoms with Crippen molar-refractivity contribution in [2.45, 2.75) is 0 Å². The van der Waals surface area contributed by atoms with Crippen LogP contribution in [0.2, 0.25) is 0 Å². The second-order valence-electron chi connectivity index (χ2n) is 0.238. The molecule has 0 heterocycles. The maximum Gasteiger partial charge on any atom is 3.00 e. The molecule has 5 heteroatoms. The Kier molecular flexibility index (Phi) is 7.28. The van der Waals surface area contributed by atoms with E-state index in [1.165, 1.54) is 0 Å². The van der Waals surface area contributed by atoms with Crippen molar-refractivity contribution in [3.63, 3.8) is 0 Å². The molecule has 0 fully saturated rings. The molecule has 0 aromatic rings. The van der Waals surface area contributed by atoms with Crippen molar-refractivity contribution in [1.29, 1.82) is 0 Å². The van der Waals surface area contributed by atoms with Crippen LogP contribution < -0.4 is 0 Å². The van der Waals surface area contributed by atoms with Gasteiger partial charge in [0, 0.05) is 2.85 Å². The van der Waals surface area contributed by atoms with Gasteiger partial charge in [-0.1, -0.05) is 0 Å². The molecule has 5 heavy (non-hydrogen) atoms. The van der Waals surface area contributed by atoms with Gasteiger partial charge in [0.25, 0.3) is 5.09 Å². The Bertz CT molecular complexity index is 35.9. The van der Waals surface area contributed by atoms with Gasteiger partial charge in [-0.2, -0.15) is 0 Å². The van der Waals surface area contributed by atoms with Gasteiger partial charge in [0.2, 0.25) is 0 Å². The summed E-state index contributed by atoms with van der Waals surface area (Å²) in [5.41, 5.74) is 0. The molecule has 0 amide bonds. The van der Waals surface area contributed by atoms with Gasteiger partial charge in [0.15, 0.2) is 0 Å². The first-order valence-corrected chi connectivity index (χ1v) is 0.565. The second kappa shape index (κ2) is 4.08. The largest absolute Gasteiger partial charge is 3.00 e. The number of hydrogen-bond donors (Lipinski definition) is 1. The Labute approximate surface area is 50.0 Å². The van der Waals surface area contributed by atoms with Crippen LogP contribution in [-0.2, 0) is 0 Å². The zero-order valence-electron chi connectivity index (χ0n) is 2.16. The summed E-state index contributed by atoms with van der Waals surface area (Å²) in [6.45, 7) is 0. The van der Waals surface area contributed by atoms with E-state index in [-0.39, 0.29) is 29.1 Å². The van der Waals surface area contributed by atoms with Crippen molar-refractivity contribution in [2.75, 3.05) is 0 Å². The number of nitrogens with zero attached hydrogens (tertiary/aromatic N) is 1. The van der Waals surface area contributed by atoms with Gasteiger partial charge in [-0.05, 0) is 0 Å². The van der Waals surface area contributed by atoms with Crippen LogP contribution in [0.5, 0.6) is 0 Å².